The molecule has 0 aromatic heterocycles. The van der Waals surface area contributed by atoms with Gasteiger partial charge in [0, 0.05) is 12.6 Å². The number of benzene rings is 1. The van der Waals surface area contributed by atoms with Crippen LogP contribution in [0.25, 0.3) is 0 Å². The van der Waals surface area contributed by atoms with E-state index in [0.29, 0.717) is 6.54 Å². The predicted octanol–water partition coefficient (Wildman–Crippen LogP) is 2.82. The summed E-state index contributed by atoms with van der Waals surface area (Å²) in [6.07, 6.45) is 0.882. The molecule has 0 amide bonds. The normalized spacial score (nSPS) is 12.7. The third kappa shape index (κ3) is 4.11. The minimum Gasteiger partial charge on any atom is -0.480 e. The van der Waals surface area contributed by atoms with Crippen molar-refractivity contribution in [3.63, 3.8) is 0 Å². The van der Waals surface area contributed by atoms with Crippen molar-refractivity contribution < 1.29 is 14.3 Å². The largest absolute Gasteiger partial charge is 0.480 e. The molecule has 4 heteroatoms. The topological polar surface area (TPSA) is 40.5 Å². The number of carboxylic acids is 1. The molecule has 1 atom stereocenters. The Hall–Kier alpha value is -1.42. The highest BCUT2D eigenvalue weighted by Crippen LogP contribution is 2.15. The van der Waals surface area contributed by atoms with E-state index in [2.05, 4.69) is 0 Å². The monoisotopic (exact) mass is 253 g/mol. The summed E-state index contributed by atoms with van der Waals surface area (Å²) in [6.45, 7) is 6.41. The summed E-state index contributed by atoms with van der Waals surface area (Å²) in [7, 11) is 0. The molecule has 1 aromatic rings. The Labute approximate surface area is 107 Å². The van der Waals surface area contributed by atoms with E-state index in [1.54, 1.807) is 6.07 Å². The minimum absolute atomic E-state index is 0.00578. The van der Waals surface area contributed by atoms with Crippen molar-refractivity contribution in [2.45, 2.75) is 39.8 Å². The van der Waals surface area contributed by atoms with Crippen molar-refractivity contribution in [1.29, 1.82) is 0 Å². The zero-order chi connectivity index (χ0) is 13.7. The second kappa shape index (κ2) is 6.50. The van der Waals surface area contributed by atoms with E-state index in [9.17, 15) is 9.18 Å². The van der Waals surface area contributed by atoms with Crippen LogP contribution in [0, 0.1) is 12.7 Å². The number of rotatable bonds is 6. The molecule has 0 aliphatic carbocycles. The molecule has 1 unspecified atom stereocenters. The molecule has 100 valence electrons. The average molecular weight is 253 g/mol. The van der Waals surface area contributed by atoms with Crippen LogP contribution < -0.4 is 0 Å². The number of aliphatic carboxylic acids is 1. The van der Waals surface area contributed by atoms with E-state index < -0.39 is 5.97 Å². The smallest absolute Gasteiger partial charge is 0.317 e. The summed E-state index contributed by atoms with van der Waals surface area (Å²) in [4.78, 5) is 12.7. The van der Waals surface area contributed by atoms with Crippen LogP contribution in [0.15, 0.2) is 18.2 Å². The molecule has 1 N–H and O–H groups in total. The van der Waals surface area contributed by atoms with Gasteiger partial charge in [0.1, 0.15) is 5.82 Å². The lowest BCUT2D eigenvalue weighted by molar-refractivity contribution is -0.139. The highest BCUT2D eigenvalue weighted by Gasteiger charge is 2.16. The van der Waals surface area contributed by atoms with Crippen LogP contribution in [0.2, 0.25) is 0 Å². The number of carboxylic acid groups (broad SMARTS) is 1. The minimum atomic E-state index is -0.838. The Kier molecular flexibility index (Phi) is 5.28. The van der Waals surface area contributed by atoms with E-state index in [1.165, 1.54) is 12.1 Å². The number of aryl methyl sites for hydroxylation is 1. The SMILES string of the molecule is CCC(C)N(CC(=O)O)Cc1ccc(F)cc1C. The molecular weight excluding hydrogens is 233 g/mol. The number of nitrogens with zero attached hydrogens (tertiary/aromatic N) is 1. The van der Waals surface area contributed by atoms with Gasteiger partial charge in [-0.05, 0) is 43.5 Å². The molecule has 0 spiro atoms. The van der Waals surface area contributed by atoms with Crippen molar-refractivity contribution in [3.05, 3.63) is 35.1 Å². The first-order chi connectivity index (χ1) is 8.43. The fourth-order valence-corrected chi connectivity index (χ4v) is 1.86. The summed E-state index contributed by atoms with van der Waals surface area (Å²) in [6, 6.07) is 4.80. The van der Waals surface area contributed by atoms with E-state index in [-0.39, 0.29) is 18.4 Å². The molecule has 1 rings (SSSR count). The predicted molar refractivity (Wildman–Crippen MR) is 68.9 cm³/mol. The number of halogens is 1. The molecular formula is C14H20FNO2. The highest BCUT2D eigenvalue weighted by atomic mass is 19.1. The van der Waals surface area contributed by atoms with E-state index in [1.807, 2.05) is 25.7 Å². The van der Waals surface area contributed by atoms with E-state index >= 15 is 0 Å². The lowest BCUT2D eigenvalue weighted by atomic mass is 10.1. The highest BCUT2D eigenvalue weighted by molar-refractivity contribution is 5.69. The molecule has 0 aliphatic rings. The van der Waals surface area contributed by atoms with E-state index in [0.717, 1.165) is 17.5 Å². The summed E-state index contributed by atoms with van der Waals surface area (Å²) < 4.78 is 13.0. The van der Waals surface area contributed by atoms with Gasteiger partial charge in [0.05, 0.1) is 6.54 Å². The zero-order valence-corrected chi connectivity index (χ0v) is 11.1. The molecule has 0 saturated carbocycles. The first-order valence-corrected chi connectivity index (χ1v) is 6.15. The van der Waals surface area contributed by atoms with Crippen molar-refractivity contribution in [3.8, 4) is 0 Å². The van der Waals surface area contributed by atoms with Crippen LogP contribution in [0.3, 0.4) is 0 Å². The Morgan fingerprint density at radius 3 is 2.67 bits per heavy atom. The van der Waals surface area contributed by atoms with Crippen LogP contribution in [-0.2, 0) is 11.3 Å². The van der Waals surface area contributed by atoms with Gasteiger partial charge in [-0.25, -0.2) is 4.39 Å². The zero-order valence-electron chi connectivity index (χ0n) is 11.1. The maximum atomic E-state index is 13.0. The van der Waals surface area contributed by atoms with Gasteiger partial charge in [0.2, 0.25) is 0 Å². The average Bonchev–Trinajstić information content (AvgIpc) is 2.30. The Balaban J connectivity index is 2.85. The summed E-state index contributed by atoms with van der Waals surface area (Å²) in [5.74, 6) is -1.10. The van der Waals surface area contributed by atoms with Gasteiger partial charge in [-0.3, -0.25) is 9.69 Å². The van der Waals surface area contributed by atoms with Gasteiger partial charge in [-0.2, -0.15) is 0 Å². The van der Waals surface area contributed by atoms with Gasteiger partial charge >= 0.3 is 5.97 Å². The fourth-order valence-electron chi connectivity index (χ4n) is 1.86. The van der Waals surface area contributed by atoms with Crippen molar-refractivity contribution in [2.24, 2.45) is 0 Å². The maximum absolute atomic E-state index is 13.0. The second-order valence-corrected chi connectivity index (χ2v) is 4.63. The third-order valence-electron chi connectivity index (χ3n) is 3.23. The lowest BCUT2D eigenvalue weighted by Gasteiger charge is -2.27. The fraction of sp³-hybridized carbons (Fsp3) is 0.500. The van der Waals surface area contributed by atoms with Crippen molar-refractivity contribution in [1.82, 2.24) is 4.90 Å². The van der Waals surface area contributed by atoms with Gasteiger partial charge in [-0.1, -0.05) is 13.0 Å². The number of hydrogen-bond donors (Lipinski definition) is 1. The molecule has 0 fully saturated rings. The number of hydrogen-bond acceptors (Lipinski definition) is 2. The molecule has 3 nitrogen and oxygen atoms in total. The Morgan fingerprint density at radius 1 is 1.50 bits per heavy atom. The first-order valence-electron chi connectivity index (χ1n) is 6.15. The van der Waals surface area contributed by atoms with Crippen LogP contribution in [0.4, 0.5) is 4.39 Å². The first kappa shape index (κ1) is 14.6. The van der Waals surface area contributed by atoms with Crippen molar-refractivity contribution in [2.75, 3.05) is 6.54 Å². The van der Waals surface area contributed by atoms with Crippen LogP contribution >= 0.6 is 0 Å². The standard InChI is InChI=1S/C14H20FNO2/c1-4-11(3)16(9-14(17)18)8-12-5-6-13(15)7-10(12)2/h5-7,11H,4,8-9H2,1-3H3,(H,17,18). The quantitative estimate of drug-likeness (QED) is 0.847. The molecule has 0 radical (unpaired) electrons. The molecule has 0 aliphatic heterocycles. The van der Waals surface area contributed by atoms with Gasteiger partial charge < -0.3 is 5.11 Å². The van der Waals surface area contributed by atoms with E-state index in [4.69, 9.17) is 5.11 Å². The summed E-state index contributed by atoms with van der Waals surface area (Å²) >= 11 is 0. The second-order valence-electron chi connectivity index (χ2n) is 4.63. The molecule has 1 aromatic carbocycles. The summed E-state index contributed by atoms with van der Waals surface area (Å²) in [5, 5.41) is 8.92. The van der Waals surface area contributed by atoms with Crippen LogP contribution in [-0.4, -0.2) is 28.6 Å². The maximum Gasteiger partial charge on any atom is 0.317 e. The van der Waals surface area contributed by atoms with Gasteiger partial charge in [0.15, 0.2) is 0 Å². The van der Waals surface area contributed by atoms with Crippen LogP contribution in [0.1, 0.15) is 31.4 Å². The van der Waals surface area contributed by atoms with Gasteiger partial charge in [0.25, 0.3) is 0 Å². The van der Waals surface area contributed by atoms with Gasteiger partial charge in [-0.15, -0.1) is 0 Å². The lowest BCUT2D eigenvalue weighted by Crippen LogP contribution is -2.36. The van der Waals surface area contributed by atoms with Crippen LogP contribution in [0.5, 0.6) is 0 Å². The number of carbonyl (C=O) groups is 1. The third-order valence-corrected chi connectivity index (χ3v) is 3.23. The molecule has 18 heavy (non-hydrogen) atoms. The Bertz CT molecular complexity index is 420. The molecule has 0 bridgehead atoms. The molecule has 0 saturated heterocycles. The summed E-state index contributed by atoms with van der Waals surface area (Å²) in [5.41, 5.74) is 1.83. The molecule has 0 heterocycles. The Morgan fingerprint density at radius 2 is 2.17 bits per heavy atom. The van der Waals surface area contributed by atoms with Crippen molar-refractivity contribution >= 4 is 5.97 Å².